The molecule has 0 radical (unpaired) electrons. The number of aromatic nitrogens is 2. The first-order valence-electron chi connectivity index (χ1n) is 8.60. The summed E-state index contributed by atoms with van der Waals surface area (Å²) in [6.45, 7) is 0. The van der Waals surface area contributed by atoms with Gasteiger partial charge in [-0.25, -0.2) is 0 Å². The van der Waals surface area contributed by atoms with Crippen LogP contribution in [0.15, 0.2) is 29.8 Å². The lowest BCUT2D eigenvalue weighted by Crippen LogP contribution is -2.13. The van der Waals surface area contributed by atoms with Crippen molar-refractivity contribution < 1.29 is 9.53 Å². The lowest BCUT2D eigenvalue weighted by molar-refractivity contribution is -0.112. The summed E-state index contributed by atoms with van der Waals surface area (Å²) in [7, 11) is 1.59. The minimum atomic E-state index is -0.477. The van der Waals surface area contributed by atoms with Crippen molar-refractivity contribution in [3.05, 3.63) is 40.4 Å². The molecule has 0 bridgehead atoms. The Labute approximate surface area is 156 Å². The maximum Gasteiger partial charge on any atom is 0.268 e. The zero-order valence-corrected chi connectivity index (χ0v) is 15.4. The van der Waals surface area contributed by atoms with E-state index in [0.717, 1.165) is 23.4 Å². The molecule has 0 saturated heterocycles. The Kier molecular flexibility index (Phi) is 5.97. The molecule has 6 nitrogen and oxygen atoms in total. The molecule has 26 heavy (non-hydrogen) atoms. The normalized spacial score (nSPS) is 15.3. The number of benzene rings is 1. The Morgan fingerprint density at radius 3 is 2.65 bits per heavy atom. The van der Waals surface area contributed by atoms with Gasteiger partial charge in [0.2, 0.25) is 5.13 Å². The zero-order valence-electron chi connectivity index (χ0n) is 14.6. The molecular weight excluding hydrogens is 348 g/mol. The topological polar surface area (TPSA) is 87.9 Å². The van der Waals surface area contributed by atoms with Gasteiger partial charge in [0.1, 0.15) is 22.4 Å². The first kappa shape index (κ1) is 18.1. The summed E-state index contributed by atoms with van der Waals surface area (Å²) in [5.74, 6) is 0.682. The van der Waals surface area contributed by atoms with Gasteiger partial charge in [0, 0.05) is 5.92 Å². The standard InChI is InChI=1S/C19H20N4O2S/c1-25-16-9-7-13(8-10-16)11-15(12-20)17(24)21-19-23-22-18(26-19)14-5-3-2-4-6-14/h7-11,14H,2-6H2,1H3,(H,21,23,24)/b15-11-. The van der Waals surface area contributed by atoms with E-state index in [2.05, 4.69) is 15.5 Å². The number of ether oxygens (including phenoxy) is 1. The highest BCUT2D eigenvalue weighted by Gasteiger charge is 2.20. The molecule has 2 aromatic rings. The molecule has 1 fully saturated rings. The molecule has 1 saturated carbocycles. The van der Waals surface area contributed by atoms with Crippen LogP contribution in [-0.2, 0) is 4.79 Å². The lowest BCUT2D eigenvalue weighted by Gasteiger charge is -2.18. The highest BCUT2D eigenvalue weighted by molar-refractivity contribution is 7.15. The van der Waals surface area contributed by atoms with Gasteiger partial charge in [-0.05, 0) is 36.6 Å². The molecule has 1 aromatic carbocycles. The van der Waals surface area contributed by atoms with Crippen molar-refractivity contribution in [2.45, 2.75) is 38.0 Å². The van der Waals surface area contributed by atoms with Crippen molar-refractivity contribution in [2.24, 2.45) is 0 Å². The van der Waals surface area contributed by atoms with Crippen LogP contribution in [0.3, 0.4) is 0 Å². The average molecular weight is 368 g/mol. The molecule has 1 heterocycles. The number of methoxy groups -OCH3 is 1. The van der Waals surface area contributed by atoms with Gasteiger partial charge in [-0.15, -0.1) is 10.2 Å². The van der Waals surface area contributed by atoms with Crippen LogP contribution in [0.25, 0.3) is 6.08 Å². The maximum atomic E-state index is 12.4. The van der Waals surface area contributed by atoms with Crippen LogP contribution >= 0.6 is 11.3 Å². The van der Waals surface area contributed by atoms with E-state index in [1.165, 1.54) is 36.7 Å². The van der Waals surface area contributed by atoms with E-state index < -0.39 is 5.91 Å². The number of nitrogens with one attached hydrogen (secondary N) is 1. The molecule has 0 aliphatic heterocycles. The summed E-state index contributed by atoms with van der Waals surface area (Å²) >= 11 is 1.40. The monoisotopic (exact) mass is 368 g/mol. The van der Waals surface area contributed by atoms with E-state index in [9.17, 15) is 10.1 Å². The SMILES string of the molecule is COc1ccc(/C=C(/C#N)C(=O)Nc2nnc(C3CCCCC3)s2)cc1. The summed E-state index contributed by atoms with van der Waals surface area (Å²) in [5.41, 5.74) is 0.766. The predicted molar refractivity (Wildman–Crippen MR) is 101 cm³/mol. The second-order valence-electron chi connectivity index (χ2n) is 6.18. The van der Waals surface area contributed by atoms with E-state index >= 15 is 0 Å². The Morgan fingerprint density at radius 1 is 1.27 bits per heavy atom. The molecule has 0 spiro atoms. The summed E-state index contributed by atoms with van der Waals surface area (Å²) in [4.78, 5) is 12.4. The van der Waals surface area contributed by atoms with Crippen LogP contribution < -0.4 is 10.1 Å². The smallest absolute Gasteiger partial charge is 0.268 e. The molecule has 1 aromatic heterocycles. The minimum absolute atomic E-state index is 0.0181. The van der Waals surface area contributed by atoms with E-state index in [1.807, 2.05) is 6.07 Å². The van der Waals surface area contributed by atoms with Crippen LogP contribution in [0, 0.1) is 11.3 Å². The van der Waals surface area contributed by atoms with Crippen LogP contribution in [0.2, 0.25) is 0 Å². The Balaban J connectivity index is 1.68. The molecule has 1 amide bonds. The first-order valence-corrected chi connectivity index (χ1v) is 9.42. The molecular formula is C19H20N4O2S. The highest BCUT2D eigenvalue weighted by atomic mass is 32.1. The summed E-state index contributed by atoms with van der Waals surface area (Å²) in [6.07, 6.45) is 7.51. The number of rotatable bonds is 5. The number of hydrogen-bond donors (Lipinski definition) is 1. The van der Waals surface area contributed by atoms with Gasteiger partial charge >= 0.3 is 0 Å². The number of hydrogen-bond acceptors (Lipinski definition) is 6. The molecule has 0 unspecified atom stereocenters. The fourth-order valence-electron chi connectivity index (χ4n) is 2.98. The van der Waals surface area contributed by atoms with Crippen LogP contribution in [0.5, 0.6) is 5.75 Å². The Morgan fingerprint density at radius 2 is 2.00 bits per heavy atom. The third-order valence-corrected chi connectivity index (χ3v) is 5.41. The molecule has 7 heteroatoms. The van der Waals surface area contributed by atoms with E-state index in [-0.39, 0.29) is 5.57 Å². The third kappa shape index (κ3) is 4.46. The van der Waals surface area contributed by atoms with Gasteiger partial charge in [0.25, 0.3) is 5.91 Å². The average Bonchev–Trinajstić information content (AvgIpc) is 3.15. The maximum absolute atomic E-state index is 12.4. The second-order valence-corrected chi connectivity index (χ2v) is 7.19. The van der Waals surface area contributed by atoms with Gasteiger partial charge in [-0.3, -0.25) is 10.1 Å². The number of carbonyl (C=O) groups excluding carboxylic acids is 1. The van der Waals surface area contributed by atoms with Crippen LogP contribution in [-0.4, -0.2) is 23.2 Å². The van der Waals surface area contributed by atoms with E-state index in [0.29, 0.717) is 16.8 Å². The molecule has 3 rings (SSSR count). The van der Waals surface area contributed by atoms with Crippen molar-refractivity contribution >= 4 is 28.5 Å². The van der Waals surface area contributed by atoms with Crippen molar-refractivity contribution in [1.29, 1.82) is 5.26 Å². The number of nitrogens with zero attached hydrogens (tertiary/aromatic N) is 3. The number of carbonyl (C=O) groups is 1. The third-order valence-electron chi connectivity index (χ3n) is 4.41. The van der Waals surface area contributed by atoms with Gasteiger partial charge in [0.15, 0.2) is 0 Å². The van der Waals surface area contributed by atoms with Crippen molar-refractivity contribution in [3.8, 4) is 11.8 Å². The van der Waals surface area contributed by atoms with Crippen LogP contribution in [0.1, 0.15) is 48.6 Å². The van der Waals surface area contributed by atoms with Crippen molar-refractivity contribution in [2.75, 3.05) is 12.4 Å². The van der Waals surface area contributed by atoms with Crippen LogP contribution in [0.4, 0.5) is 5.13 Å². The fraction of sp³-hybridized carbons (Fsp3) is 0.368. The zero-order chi connectivity index (χ0) is 18.4. The molecule has 1 aliphatic carbocycles. The molecule has 0 atom stereocenters. The summed E-state index contributed by atoms with van der Waals surface area (Å²) in [6, 6.07) is 9.07. The van der Waals surface area contributed by atoms with Crippen molar-refractivity contribution in [1.82, 2.24) is 10.2 Å². The van der Waals surface area contributed by atoms with E-state index in [4.69, 9.17) is 4.74 Å². The first-order chi connectivity index (χ1) is 12.7. The van der Waals surface area contributed by atoms with Gasteiger partial charge in [-0.1, -0.05) is 42.7 Å². The van der Waals surface area contributed by atoms with Crippen molar-refractivity contribution in [3.63, 3.8) is 0 Å². The highest BCUT2D eigenvalue weighted by Crippen LogP contribution is 2.35. The van der Waals surface area contributed by atoms with Gasteiger partial charge in [-0.2, -0.15) is 5.26 Å². The summed E-state index contributed by atoms with van der Waals surface area (Å²) < 4.78 is 5.10. The minimum Gasteiger partial charge on any atom is -0.497 e. The number of amides is 1. The van der Waals surface area contributed by atoms with Gasteiger partial charge in [0.05, 0.1) is 7.11 Å². The molecule has 1 aliphatic rings. The number of anilines is 1. The lowest BCUT2D eigenvalue weighted by atomic mass is 9.90. The quantitative estimate of drug-likeness (QED) is 0.633. The molecule has 134 valence electrons. The fourth-order valence-corrected chi connectivity index (χ4v) is 3.89. The number of nitriles is 1. The Hall–Kier alpha value is -2.72. The largest absolute Gasteiger partial charge is 0.497 e. The van der Waals surface area contributed by atoms with Gasteiger partial charge < -0.3 is 4.74 Å². The molecule has 1 N–H and O–H groups in total. The van der Waals surface area contributed by atoms with E-state index in [1.54, 1.807) is 31.4 Å². The Bertz CT molecular complexity index is 830. The second kappa shape index (κ2) is 8.59. The predicted octanol–water partition coefficient (Wildman–Crippen LogP) is 4.14. The summed E-state index contributed by atoms with van der Waals surface area (Å²) in [5, 5.41) is 21.7.